The maximum Gasteiger partial charge on any atom is 0.160 e. The first-order chi connectivity index (χ1) is 24.0. The van der Waals surface area contributed by atoms with E-state index in [2.05, 4.69) is 159 Å². The number of hydrogen-bond acceptors (Lipinski definition) is 2. The van der Waals surface area contributed by atoms with Gasteiger partial charge in [0.15, 0.2) is 5.82 Å². The topological polar surface area (TPSA) is 25.8 Å². The normalized spacial score (nSPS) is 12.9. The summed E-state index contributed by atoms with van der Waals surface area (Å²) < 4.78 is 0. The summed E-state index contributed by atoms with van der Waals surface area (Å²) in [4.78, 5) is 10.1. The fourth-order valence-electron chi connectivity index (χ4n) is 7.58. The van der Waals surface area contributed by atoms with E-state index in [0.717, 1.165) is 39.5 Å². The molecule has 0 aliphatic heterocycles. The van der Waals surface area contributed by atoms with Gasteiger partial charge in [-0.3, -0.25) is 0 Å². The van der Waals surface area contributed by atoms with Crippen molar-refractivity contribution in [3.63, 3.8) is 0 Å². The molecule has 0 amide bonds. The fourth-order valence-corrected chi connectivity index (χ4v) is 7.58. The second kappa shape index (κ2) is 11.5. The van der Waals surface area contributed by atoms with Crippen LogP contribution in [-0.2, 0) is 5.41 Å². The molecule has 2 heteroatoms. The molecule has 1 aliphatic rings. The average molecular weight is 627 g/mol. The second-order valence-corrected chi connectivity index (χ2v) is 13.4. The molecule has 0 N–H and O–H groups in total. The lowest BCUT2D eigenvalue weighted by Crippen LogP contribution is -2.14. The molecule has 1 heterocycles. The number of aromatic nitrogens is 2. The minimum Gasteiger partial charge on any atom is -0.228 e. The molecule has 0 saturated heterocycles. The third kappa shape index (κ3) is 4.96. The number of rotatable bonds is 5. The summed E-state index contributed by atoms with van der Waals surface area (Å²) in [5, 5.41) is 2.56. The Morgan fingerprint density at radius 2 is 0.918 bits per heavy atom. The van der Waals surface area contributed by atoms with Gasteiger partial charge >= 0.3 is 0 Å². The van der Waals surface area contributed by atoms with Crippen LogP contribution in [0.25, 0.3) is 78.1 Å². The number of nitrogens with zero attached hydrogens (tertiary/aromatic N) is 2. The van der Waals surface area contributed by atoms with E-state index in [1.807, 2.05) is 24.3 Å². The van der Waals surface area contributed by atoms with Crippen LogP contribution < -0.4 is 0 Å². The summed E-state index contributed by atoms with van der Waals surface area (Å²) in [5.41, 5.74) is 15.1. The first-order valence-electron chi connectivity index (χ1n) is 16.9. The standard InChI is InChI=1S/C47H34N2/c1-47(2)41-26-14-25-39(45(41)40-28-33-19-9-10-20-34(33)29-42(40)47)38-24-12-11-23-37(38)35-21-13-22-36(27-35)44-30-43(31-15-5-3-6-16-31)48-46(49-44)32-17-7-4-8-18-32/h3-30H,1-2H3. The third-order valence-corrected chi connectivity index (χ3v) is 10.1. The summed E-state index contributed by atoms with van der Waals surface area (Å²) in [6.07, 6.45) is 0. The van der Waals surface area contributed by atoms with Crippen LogP contribution in [-0.4, -0.2) is 9.97 Å². The second-order valence-electron chi connectivity index (χ2n) is 13.4. The summed E-state index contributed by atoms with van der Waals surface area (Å²) in [6.45, 7) is 4.72. The van der Waals surface area contributed by atoms with Crippen molar-refractivity contribution in [2.24, 2.45) is 0 Å². The Labute approximate surface area is 287 Å². The highest BCUT2D eigenvalue weighted by Gasteiger charge is 2.37. The Bertz CT molecular complexity index is 2450. The number of benzene rings is 7. The van der Waals surface area contributed by atoms with E-state index < -0.39 is 0 Å². The zero-order valence-electron chi connectivity index (χ0n) is 27.6. The van der Waals surface area contributed by atoms with E-state index in [0.29, 0.717) is 0 Å². The zero-order valence-corrected chi connectivity index (χ0v) is 27.6. The van der Waals surface area contributed by atoms with Crippen molar-refractivity contribution in [2.75, 3.05) is 0 Å². The predicted molar refractivity (Wildman–Crippen MR) is 204 cm³/mol. The van der Waals surface area contributed by atoms with Crippen LogP contribution in [0.2, 0.25) is 0 Å². The highest BCUT2D eigenvalue weighted by Crippen LogP contribution is 2.54. The molecule has 49 heavy (non-hydrogen) atoms. The molecular weight excluding hydrogens is 593 g/mol. The van der Waals surface area contributed by atoms with Crippen LogP contribution >= 0.6 is 0 Å². The van der Waals surface area contributed by atoms with Crippen molar-refractivity contribution >= 4 is 10.8 Å². The zero-order chi connectivity index (χ0) is 33.0. The predicted octanol–water partition coefficient (Wildman–Crippen LogP) is 12.3. The Morgan fingerprint density at radius 1 is 0.367 bits per heavy atom. The molecule has 2 nitrogen and oxygen atoms in total. The van der Waals surface area contributed by atoms with Crippen LogP contribution in [0.4, 0.5) is 0 Å². The molecule has 0 spiro atoms. The molecule has 0 atom stereocenters. The summed E-state index contributed by atoms with van der Waals surface area (Å²) in [7, 11) is 0. The van der Waals surface area contributed by atoms with Gasteiger partial charge in [-0.25, -0.2) is 9.97 Å². The Kier molecular flexibility index (Phi) is 6.84. The monoisotopic (exact) mass is 626 g/mol. The Hall–Kier alpha value is -6.12. The number of fused-ring (bicyclic) bond motifs is 4. The van der Waals surface area contributed by atoms with Gasteiger partial charge in [0.05, 0.1) is 11.4 Å². The minimum atomic E-state index is -0.0977. The smallest absolute Gasteiger partial charge is 0.160 e. The van der Waals surface area contributed by atoms with Crippen LogP contribution in [0.15, 0.2) is 170 Å². The molecule has 0 fully saturated rings. The van der Waals surface area contributed by atoms with Gasteiger partial charge in [0, 0.05) is 22.1 Å². The van der Waals surface area contributed by atoms with Crippen molar-refractivity contribution in [1.29, 1.82) is 0 Å². The maximum atomic E-state index is 5.12. The van der Waals surface area contributed by atoms with Crippen molar-refractivity contribution < 1.29 is 0 Å². The molecule has 0 unspecified atom stereocenters. The minimum absolute atomic E-state index is 0.0977. The van der Waals surface area contributed by atoms with E-state index in [1.54, 1.807) is 0 Å². The van der Waals surface area contributed by atoms with E-state index in [4.69, 9.17) is 9.97 Å². The lowest BCUT2D eigenvalue weighted by molar-refractivity contribution is 0.661. The number of hydrogen-bond donors (Lipinski definition) is 0. The molecule has 232 valence electrons. The molecule has 0 bridgehead atoms. The molecule has 8 aromatic rings. The molecule has 1 aliphatic carbocycles. The van der Waals surface area contributed by atoms with Gasteiger partial charge in [-0.1, -0.05) is 159 Å². The van der Waals surface area contributed by atoms with Crippen LogP contribution in [0.3, 0.4) is 0 Å². The van der Waals surface area contributed by atoms with E-state index in [9.17, 15) is 0 Å². The van der Waals surface area contributed by atoms with Crippen molar-refractivity contribution in [3.8, 4) is 67.3 Å². The van der Waals surface area contributed by atoms with Gasteiger partial charge in [0.25, 0.3) is 0 Å². The lowest BCUT2D eigenvalue weighted by atomic mass is 9.81. The largest absolute Gasteiger partial charge is 0.228 e. The Morgan fingerprint density at radius 3 is 1.67 bits per heavy atom. The summed E-state index contributed by atoms with van der Waals surface area (Å²) >= 11 is 0. The summed E-state index contributed by atoms with van der Waals surface area (Å²) in [5.74, 6) is 0.719. The molecule has 1 aromatic heterocycles. The Balaban J connectivity index is 1.20. The van der Waals surface area contributed by atoms with Crippen molar-refractivity contribution in [3.05, 3.63) is 181 Å². The van der Waals surface area contributed by atoms with E-state index in [-0.39, 0.29) is 5.41 Å². The quantitative estimate of drug-likeness (QED) is 0.190. The average Bonchev–Trinajstić information content (AvgIpc) is 3.39. The van der Waals surface area contributed by atoms with Gasteiger partial charge in [0.2, 0.25) is 0 Å². The lowest BCUT2D eigenvalue weighted by Gasteiger charge is -2.22. The first kappa shape index (κ1) is 29.1. The SMILES string of the molecule is CC1(C)c2cc3ccccc3cc2-c2c(-c3ccccc3-c3cccc(-c4cc(-c5ccccc5)nc(-c5ccccc5)n4)c3)cccc21. The molecule has 0 radical (unpaired) electrons. The van der Waals surface area contributed by atoms with Crippen LogP contribution in [0, 0.1) is 0 Å². The van der Waals surface area contributed by atoms with E-state index in [1.165, 1.54) is 49.7 Å². The molecular formula is C47H34N2. The molecule has 9 rings (SSSR count). The van der Waals surface area contributed by atoms with Crippen molar-refractivity contribution in [2.45, 2.75) is 19.3 Å². The van der Waals surface area contributed by atoms with Crippen LogP contribution in [0.1, 0.15) is 25.0 Å². The van der Waals surface area contributed by atoms with Crippen LogP contribution in [0.5, 0.6) is 0 Å². The first-order valence-corrected chi connectivity index (χ1v) is 16.9. The summed E-state index contributed by atoms with van der Waals surface area (Å²) in [6, 6.07) is 60.7. The maximum absolute atomic E-state index is 5.12. The highest BCUT2D eigenvalue weighted by molar-refractivity contribution is 6.01. The molecule has 0 saturated carbocycles. The van der Waals surface area contributed by atoms with Gasteiger partial charge < -0.3 is 0 Å². The van der Waals surface area contributed by atoms with E-state index >= 15 is 0 Å². The van der Waals surface area contributed by atoms with Gasteiger partial charge in [-0.2, -0.15) is 0 Å². The van der Waals surface area contributed by atoms with Gasteiger partial charge in [-0.15, -0.1) is 0 Å². The van der Waals surface area contributed by atoms with Gasteiger partial charge in [-0.05, 0) is 79.5 Å². The van der Waals surface area contributed by atoms with Gasteiger partial charge in [0.1, 0.15) is 0 Å². The third-order valence-electron chi connectivity index (χ3n) is 10.1. The molecule has 7 aromatic carbocycles. The van der Waals surface area contributed by atoms with Crippen molar-refractivity contribution in [1.82, 2.24) is 9.97 Å². The highest BCUT2D eigenvalue weighted by atomic mass is 14.9. The fraction of sp³-hybridized carbons (Fsp3) is 0.0638.